The average Bonchev–Trinajstić information content (AvgIpc) is 0.722. The first-order valence-electron chi connectivity index (χ1n) is 0.783. The fraction of sp³-hybridized carbons (Fsp3) is 0. The van der Waals surface area contributed by atoms with Gasteiger partial charge in [-0.3, -0.25) is 4.70 Å². The summed E-state index contributed by atoms with van der Waals surface area (Å²) in [6.45, 7) is 0. The van der Waals surface area contributed by atoms with E-state index in [0.29, 0.717) is 0 Å². The molecule has 0 aromatic carbocycles. The Kier molecular flexibility index (Phi) is 23.3. The van der Waals surface area contributed by atoms with Gasteiger partial charge in [-0.25, -0.2) is 4.57 Å². The molecule has 0 rings (SSSR count). The molecule has 0 aromatic rings. The summed E-state index contributed by atoms with van der Waals surface area (Å²) in [5.74, 6) is 0. The van der Waals surface area contributed by atoms with Crippen molar-refractivity contribution >= 4 is 7.82 Å². The van der Waals surface area contributed by atoms with Crippen molar-refractivity contribution in [2.45, 2.75) is 0 Å². The summed E-state index contributed by atoms with van der Waals surface area (Å²) in [6, 6.07) is 0. The van der Waals surface area contributed by atoms with Crippen molar-refractivity contribution in [2.24, 2.45) is 0 Å². The van der Waals surface area contributed by atoms with E-state index in [1.165, 1.54) is 0 Å². The molecule has 8 heavy (non-hydrogen) atoms. The molecule has 1 radical (unpaired) electrons. The van der Waals surface area contributed by atoms with Gasteiger partial charge < -0.3 is 16.1 Å². The van der Waals surface area contributed by atoms with Gasteiger partial charge in [-0.2, -0.15) is 0 Å². The van der Waals surface area contributed by atoms with Crippen molar-refractivity contribution in [1.29, 1.82) is 0 Å². The molecule has 0 aliphatic heterocycles. The third-order valence-electron chi connectivity index (χ3n) is 0. The second-order valence-corrected chi connectivity index (χ2v) is 1.54. The Balaban J connectivity index is -0.0000000133. The van der Waals surface area contributed by atoms with Crippen LogP contribution in [-0.2, 0) is 21.3 Å². The van der Waals surface area contributed by atoms with Gasteiger partial charge in [0.1, 0.15) is 0 Å². The second-order valence-electron chi connectivity index (χ2n) is 0.513. The van der Waals surface area contributed by atoms with Gasteiger partial charge in [0.15, 0.2) is 0 Å². The summed E-state index contributed by atoms with van der Waals surface area (Å²) in [5.41, 5.74) is 0. The van der Waals surface area contributed by atoms with Crippen LogP contribution in [0.2, 0.25) is 0 Å². The standard InChI is InChI=1S/Co.FH.Li.H3O4P.H/c;;;1-5(2,3)4;/h;1H;;(H3,1,2,3,4);/q;;+1;;-1. The molecule has 0 amide bonds. The van der Waals surface area contributed by atoms with E-state index in [1.807, 2.05) is 0 Å². The third-order valence-corrected chi connectivity index (χ3v) is 0. The summed E-state index contributed by atoms with van der Waals surface area (Å²) in [6.07, 6.45) is 0. The van der Waals surface area contributed by atoms with Crippen LogP contribution in [0.4, 0.5) is 4.70 Å². The summed E-state index contributed by atoms with van der Waals surface area (Å²) >= 11 is 0. The van der Waals surface area contributed by atoms with Crippen LogP contribution in [0.25, 0.3) is 0 Å². The normalized spacial score (nSPS) is 7.38. The van der Waals surface area contributed by atoms with E-state index < -0.39 is 7.82 Å². The minimum atomic E-state index is -4.64. The van der Waals surface area contributed by atoms with Gasteiger partial charge in [-0.05, 0) is 0 Å². The molecule has 0 heterocycles. The van der Waals surface area contributed by atoms with E-state index in [-0.39, 0.29) is 41.8 Å². The van der Waals surface area contributed by atoms with E-state index in [4.69, 9.17) is 19.2 Å². The van der Waals surface area contributed by atoms with Crippen molar-refractivity contribution in [1.82, 2.24) is 0 Å². The minimum Gasteiger partial charge on any atom is -1.00 e. The van der Waals surface area contributed by atoms with E-state index in [1.54, 1.807) is 0 Å². The van der Waals surface area contributed by atoms with Crippen LogP contribution < -0.4 is 18.9 Å². The number of hydrogen-bond donors (Lipinski definition) is 3. The molecule has 0 unspecified atom stereocenters. The molecule has 4 nitrogen and oxygen atoms in total. The molecule has 0 saturated heterocycles. The smallest absolute Gasteiger partial charge is 1.00 e. The number of phosphoric acid groups is 1. The maximum absolute atomic E-state index is 8.88. The first-order chi connectivity index (χ1) is 2.00. The number of halogens is 1. The molecule has 3 N–H and O–H groups in total. The predicted molar refractivity (Wildman–Crippen MR) is 17.9 cm³/mol. The van der Waals surface area contributed by atoms with Crippen molar-refractivity contribution in [3.05, 3.63) is 0 Å². The molecule has 0 bridgehead atoms. The van der Waals surface area contributed by atoms with Crippen LogP contribution in [0.15, 0.2) is 0 Å². The van der Waals surface area contributed by atoms with Gasteiger partial charge >= 0.3 is 26.7 Å². The van der Waals surface area contributed by atoms with Gasteiger partial charge in [0, 0.05) is 16.8 Å². The Morgan fingerprint density at radius 1 is 1.25 bits per heavy atom. The van der Waals surface area contributed by atoms with E-state index in [0.717, 1.165) is 0 Å². The van der Waals surface area contributed by atoms with Crippen LogP contribution in [0.3, 0.4) is 0 Å². The summed E-state index contributed by atoms with van der Waals surface area (Å²) in [4.78, 5) is 21.6. The zero-order valence-corrected chi connectivity index (χ0v) is 5.87. The Morgan fingerprint density at radius 2 is 1.25 bits per heavy atom. The molecule has 0 fully saturated rings. The maximum atomic E-state index is 8.88. The molecule has 0 spiro atoms. The number of rotatable bonds is 0. The first kappa shape index (κ1) is 22.9. The molecule has 51 valence electrons. The van der Waals surface area contributed by atoms with Crippen molar-refractivity contribution in [3.8, 4) is 0 Å². The van der Waals surface area contributed by atoms with Gasteiger partial charge in [0.05, 0.1) is 0 Å². The van der Waals surface area contributed by atoms with E-state index in [9.17, 15) is 0 Å². The topological polar surface area (TPSA) is 77.8 Å². The van der Waals surface area contributed by atoms with Crippen LogP contribution in [-0.4, -0.2) is 14.7 Å². The largest absolute Gasteiger partial charge is 1.00 e. The maximum Gasteiger partial charge on any atom is 1.00 e. The minimum absolute atomic E-state index is 0. The fourth-order valence-electron chi connectivity index (χ4n) is 0. The van der Waals surface area contributed by atoms with Gasteiger partial charge in [-0.1, -0.05) is 0 Å². The molecule has 0 aromatic heterocycles. The second kappa shape index (κ2) is 8.14. The third kappa shape index (κ3) is 206. The van der Waals surface area contributed by atoms with Crippen LogP contribution in [0.1, 0.15) is 1.43 Å². The number of hydrogen-bond acceptors (Lipinski definition) is 1. The van der Waals surface area contributed by atoms with Crippen molar-refractivity contribution < 1.29 is 61.0 Å². The molecule has 8 heteroatoms. The zero-order chi connectivity index (χ0) is 4.50. The van der Waals surface area contributed by atoms with Crippen LogP contribution in [0.5, 0.6) is 0 Å². The zero-order valence-electron chi connectivity index (χ0n) is 4.94. The van der Waals surface area contributed by atoms with Crippen molar-refractivity contribution in [2.75, 3.05) is 0 Å². The monoisotopic (exact) mass is 185 g/mol. The molecule has 0 saturated carbocycles. The molecule has 0 aliphatic rings. The van der Waals surface area contributed by atoms with Crippen LogP contribution >= 0.6 is 7.82 Å². The van der Waals surface area contributed by atoms with Crippen molar-refractivity contribution in [3.63, 3.8) is 0 Å². The average molecular weight is 185 g/mol. The van der Waals surface area contributed by atoms with E-state index >= 15 is 0 Å². The quantitative estimate of drug-likeness (QED) is 0.268. The SMILES string of the molecule is F.O=P(O)(O)O.[Co].[H-].[Li+]. The fourth-order valence-corrected chi connectivity index (χ4v) is 0. The Bertz CT molecular complexity index is 66.7. The summed E-state index contributed by atoms with van der Waals surface area (Å²) < 4.78 is 8.88. The summed E-state index contributed by atoms with van der Waals surface area (Å²) in [7, 11) is -4.64. The first-order valence-corrected chi connectivity index (χ1v) is 2.35. The van der Waals surface area contributed by atoms with Crippen LogP contribution in [0, 0.1) is 0 Å². The molecule has 0 atom stereocenters. The Labute approximate surface area is 69.1 Å². The molecule has 0 aliphatic carbocycles. The summed E-state index contributed by atoms with van der Waals surface area (Å²) in [5, 5.41) is 0. The molecular formula is H5CoFLiO4P. The molecular weight excluding hydrogens is 180 g/mol. The Morgan fingerprint density at radius 3 is 1.25 bits per heavy atom. The van der Waals surface area contributed by atoms with Gasteiger partial charge in [0.25, 0.3) is 0 Å². The predicted octanol–water partition coefficient (Wildman–Crippen LogP) is -3.66. The van der Waals surface area contributed by atoms with E-state index in [2.05, 4.69) is 0 Å². The van der Waals surface area contributed by atoms with Gasteiger partial charge in [-0.15, -0.1) is 0 Å². The van der Waals surface area contributed by atoms with Gasteiger partial charge in [0.2, 0.25) is 0 Å². The Hall–Kier alpha value is 1.14.